The number of carbonyl (C=O) groups is 2. The second-order valence-electron chi connectivity index (χ2n) is 8.45. The summed E-state index contributed by atoms with van der Waals surface area (Å²) in [4.78, 5) is 27.9. The van der Waals surface area contributed by atoms with Crippen molar-refractivity contribution >= 4 is 11.9 Å². The first kappa shape index (κ1) is 24.9. The lowest BCUT2D eigenvalue weighted by Crippen LogP contribution is -2.44. The Morgan fingerprint density at radius 2 is 1.50 bits per heavy atom. The van der Waals surface area contributed by atoms with Gasteiger partial charge in [0.2, 0.25) is 5.91 Å². The molecule has 0 aromatic rings. The molecule has 0 aliphatic carbocycles. The number of hydrogen-bond donors (Lipinski definition) is 0. The first-order valence-corrected chi connectivity index (χ1v) is 11.7. The van der Waals surface area contributed by atoms with Gasteiger partial charge in [-0.25, -0.2) is 0 Å². The van der Waals surface area contributed by atoms with Crippen molar-refractivity contribution in [1.29, 1.82) is 0 Å². The first-order chi connectivity index (χ1) is 13.5. The zero-order valence-corrected chi connectivity index (χ0v) is 18.7. The Kier molecular flexibility index (Phi) is 14.1. The van der Waals surface area contributed by atoms with Crippen molar-refractivity contribution in [1.82, 2.24) is 9.80 Å². The van der Waals surface area contributed by atoms with E-state index in [9.17, 15) is 9.59 Å². The predicted octanol–water partition coefficient (Wildman–Crippen LogP) is 4.78. The van der Waals surface area contributed by atoms with Gasteiger partial charge in [0, 0.05) is 26.9 Å². The molecule has 0 bridgehead atoms. The van der Waals surface area contributed by atoms with Gasteiger partial charge in [0.05, 0.1) is 6.54 Å². The predicted molar refractivity (Wildman–Crippen MR) is 115 cm³/mol. The molecule has 0 aromatic carbocycles. The van der Waals surface area contributed by atoms with Crippen molar-refractivity contribution in [2.75, 3.05) is 33.2 Å². The van der Waals surface area contributed by atoms with E-state index in [1.54, 1.807) is 18.9 Å². The summed E-state index contributed by atoms with van der Waals surface area (Å²) in [5, 5.41) is 0. The van der Waals surface area contributed by atoms with Crippen molar-refractivity contribution in [2.45, 2.75) is 103 Å². The fraction of sp³-hybridized carbons (Fsp3) is 0.913. The molecule has 0 saturated carbocycles. The van der Waals surface area contributed by atoms with E-state index in [-0.39, 0.29) is 18.0 Å². The van der Waals surface area contributed by atoms with E-state index >= 15 is 0 Å². The number of unbranched alkanes of at least 4 members (excludes halogenated alkanes) is 8. The smallest absolute Gasteiger partial charge is 0.306 e. The Labute approximate surface area is 173 Å². The van der Waals surface area contributed by atoms with Gasteiger partial charge in [0.1, 0.15) is 6.10 Å². The van der Waals surface area contributed by atoms with E-state index < -0.39 is 0 Å². The Bertz CT molecular complexity index is 422. The topological polar surface area (TPSA) is 49.9 Å². The van der Waals surface area contributed by atoms with Gasteiger partial charge in [0.25, 0.3) is 0 Å². The van der Waals surface area contributed by atoms with Crippen molar-refractivity contribution in [2.24, 2.45) is 0 Å². The molecule has 28 heavy (non-hydrogen) atoms. The third-order valence-electron chi connectivity index (χ3n) is 5.71. The SMILES string of the molecule is CCCCCCCCCCCC(=O)OC(CN1CCCCC1)CN(C)C(C)=O. The molecule has 0 N–H and O–H groups in total. The van der Waals surface area contributed by atoms with E-state index in [0.29, 0.717) is 13.0 Å². The standard InChI is InChI=1S/C23H44N2O3/c1-4-5-6-7-8-9-10-11-13-16-23(27)28-22(19-24(3)21(2)26)20-25-17-14-12-15-18-25/h22H,4-20H2,1-3H3. The number of piperidine rings is 1. The highest BCUT2D eigenvalue weighted by Gasteiger charge is 2.22. The average molecular weight is 397 g/mol. The highest BCUT2D eigenvalue weighted by Crippen LogP contribution is 2.13. The quantitative estimate of drug-likeness (QED) is 0.295. The number of ether oxygens (including phenoxy) is 1. The Morgan fingerprint density at radius 1 is 0.929 bits per heavy atom. The average Bonchev–Trinajstić information content (AvgIpc) is 2.67. The Morgan fingerprint density at radius 3 is 2.07 bits per heavy atom. The molecule has 1 fully saturated rings. The highest BCUT2D eigenvalue weighted by atomic mass is 16.5. The number of rotatable bonds is 15. The van der Waals surface area contributed by atoms with Crippen molar-refractivity contribution < 1.29 is 14.3 Å². The summed E-state index contributed by atoms with van der Waals surface area (Å²) in [6.07, 6.45) is 15.1. The minimum atomic E-state index is -0.224. The molecular weight excluding hydrogens is 352 g/mol. The molecule has 0 spiro atoms. The molecule has 1 rings (SSSR count). The van der Waals surface area contributed by atoms with Crippen LogP contribution in [0.2, 0.25) is 0 Å². The molecule has 5 nitrogen and oxygen atoms in total. The van der Waals surface area contributed by atoms with Crippen LogP contribution < -0.4 is 0 Å². The summed E-state index contributed by atoms with van der Waals surface area (Å²) in [5.74, 6) is -0.0967. The molecule has 164 valence electrons. The molecule has 1 aliphatic heterocycles. The third-order valence-corrected chi connectivity index (χ3v) is 5.71. The van der Waals surface area contributed by atoms with Crippen LogP contribution >= 0.6 is 0 Å². The maximum atomic E-state index is 12.3. The molecule has 5 heteroatoms. The normalized spacial score (nSPS) is 16.0. The van der Waals surface area contributed by atoms with E-state index in [2.05, 4.69) is 11.8 Å². The number of nitrogens with zero attached hydrogens (tertiary/aromatic N) is 2. The largest absolute Gasteiger partial charge is 0.459 e. The van der Waals surface area contributed by atoms with Crippen molar-refractivity contribution in [3.05, 3.63) is 0 Å². The molecule has 0 radical (unpaired) electrons. The summed E-state index contributed by atoms with van der Waals surface area (Å²) in [6, 6.07) is 0. The monoisotopic (exact) mass is 396 g/mol. The summed E-state index contributed by atoms with van der Waals surface area (Å²) in [7, 11) is 1.78. The number of likely N-dealkylation sites (N-methyl/N-ethyl adjacent to an activating group) is 1. The zero-order valence-electron chi connectivity index (χ0n) is 18.7. The lowest BCUT2D eigenvalue weighted by atomic mass is 10.1. The molecule has 1 saturated heterocycles. The molecule has 1 aliphatic rings. The van der Waals surface area contributed by atoms with Crippen LogP contribution in [0.5, 0.6) is 0 Å². The van der Waals surface area contributed by atoms with Crippen LogP contribution in [0.15, 0.2) is 0 Å². The Balaban J connectivity index is 2.24. The molecule has 1 atom stereocenters. The van der Waals surface area contributed by atoms with E-state index in [4.69, 9.17) is 4.74 Å². The Hall–Kier alpha value is -1.10. The lowest BCUT2D eigenvalue weighted by Gasteiger charge is -2.31. The van der Waals surface area contributed by atoms with Crippen LogP contribution in [0, 0.1) is 0 Å². The zero-order chi connectivity index (χ0) is 20.6. The highest BCUT2D eigenvalue weighted by molar-refractivity contribution is 5.73. The molecule has 1 unspecified atom stereocenters. The molecular formula is C23H44N2O3. The van der Waals surface area contributed by atoms with Gasteiger partial charge < -0.3 is 9.64 Å². The fourth-order valence-electron chi connectivity index (χ4n) is 3.82. The van der Waals surface area contributed by atoms with Gasteiger partial charge >= 0.3 is 5.97 Å². The van der Waals surface area contributed by atoms with E-state index in [1.807, 2.05) is 0 Å². The van der Waals surface area contributed by atoms with Gasteiger partial charge in [-0.3, -0.25) is 14.5 Å². The van der Waals surface area contributed by atoms with Gasteiger partial charge in [-0.15, -0.1) is 0 Å². The van der Waals surface area contributed by atoms with Gasteiger partial charge in [-0.2, -0.15) is 0 Å². The van der Waals surface area contributed by atoms with Crippen LogP contribution in [-0.4, -0.2) is 61.0 Å². The number of likely N-dealkylation sites (tertiary alicyclic amines) is 1. The second-order valence-corrected chi connectivity index (χ2v) is 8.45. The minimum Gasteiger partial charge on any atom is -0.459 e. The number of carbonyl (C=O) groups excluding carboxylic acids is 2. The van der Waals surface area contributed by atoms with Gasteiger partial charge in [-0.05, 0) is 32.4 Å². The summed E-state index contributed by atoms with van der Waals surface area (Å²) in [6.45, 7) is 7.15. The maximum Gasteiger partial charge on any atom is 0.306 e. The fourth-order valence-corrected chi connectivity index (χ4v) is 3.82. The van der Waals surface area contributed by atoms with Crippen LogP contribution in [0.4, 0.5) is 0 Å². The summed E-state index contributed by atoms with van der Waals surface area (Å²) in [5.41, 5.74) is 0. The lowest BCUT2D eigenvalue weighted by molar-refractivity contribution is -0.152. The number of amides is 1. The first-order valence-electron chi connectivity index (χ1n) is 11.7. The molecule has 1 amide bonds. The summed E-state index contributed by atoms with van der Waals surface area (Å²) < 4.78 is 5.77. The van der Waals surface area contributed by atoms with Crippen LogP contribution in [0.3, 0.4) is 0 Å². The van der Waals surface area contributed by atoms with E-state index in [0.717, 1.165) is 32.5 Å². The minimum absolute atomic E-state index is 0.0126. The molecule has 0 aromatic heterocycles. The van der Waals surface area contributed by atoms with Crippen LogP contribution in [-0.2, 0) is 14.3 Å². The summed E-state index contributed by atoms with van der Waals surface area (Å²) >= 11 is 0. The second kappa shape index (κ2) is 15.8. The maximum absolute atomic E-state index is 12.3. The third kappa shape index (κ3) is 12.4. The number of hydrogen-bond acceptors (Lipinski definition) is 4. The van der Waals surface area contributed by atoms with Crippen molar-refractivity contribution in [3.8, 4) is 0 Å². The molecule has 1 heterocycles. The number of esters is 1. The van der Waals surface area contributed by atoms with Gasteiger partial charge in [0.15, 0.2) is 0 Å². The van der Waals surface area contributed by atoms with Crippen molar-refractivity contribution in [3.63, 3.8) is 0 Å². The van der Waals surface area contributed by atoms with Gasteiger partial charge in [-0.1, -0.05) is 64.7 Å². The van der Waals surface area contributed by atoms with Crippen LogP contribution in [0.1, 0.15) is 97.3 Å². The van der Waals surface area contributed by atoms with Crippen LogP contribution in [0.25, 0.3) is 0 Å². The van der Waals surface area contributed by atoms with E-state index in [1.165, 1.54) is 64.2 Å².